The highest BCUT2D eigenvalue weighted by Gasteiger charge is 2.39. The molecule has 0 bridgehead atoms. The molecule has 11 rings (SSSR count). The van der Waals surface area contributed by atoms with Crippen LogP contribution in [-0.2, 0) is 5.41 Å². The standard InChI is InChI=1S/C51H35N/c1-51(2)45-28-27-44-40-19-8-7-17-38(40)39-18-9-11-21-42(39)48(44)50(45)49-43-22-12-10-20-41(43)47(31-46(49)51)52(36-25-23-32-13-3-5-15-34(32)29-36)37-26-24-33-14-4-6-16-35(33)30-37/h3-31H,1-2H3. The number of anilines is 3. The van der Waals surface area contributed by atoms with Gasteiger partial charge in [0, 0.05) is 22.2 Å². The Balaban J connectivity index is 1.26. The zero-order valence-corrected chi connectivity index (χ0v) is 29.2. The molecule has 52 heavy (non-hydrogen) atoms. The molecule has 0 aliphatic heterocycles. The molecule has 244 valence electrons. The molecule has 0 saturated heterocycles. The third-order valence-corrected chi connectivity index (χ3v) is 11.8. The fraction of sp³-hybridized carbons (Fsp3) is 0.0588. The smallest absolute Gasteiger partial charge is 0.0543 e. The predicted molar refractivity (Wildman–Crippen MR) is 224 cm³/mol. The highest BCUT2D eigenvalue weighted by atomic mass is 15.1. The summed E-state index contributed by atoms with van der Waals surface area (Å²) >= 11 is 0. The van der Waals surface area contributed by atoms with Crippen LogP contribution in [0.1, 0.15) is 25.0 Å². The largest absolute Gasteiger partial charge is 0.310 e. The summed E-state index contributed by atoms with van der Waals surface area (Å²) in [5.74, 6) is 0. The Kier molecular flexibility index (Phi) is 6.08. The Hall–Kier alpha value is -6.44. The quantitative estimate of drug-likeness (QED) is 0.170. The summed E-state index contributed by atoms with van der Waals surface area (Å²) in [6.07, 6.45) is 0. The van der Waals surface area contributed by atoms with Crippen molar-refractivity contribution in [3.05, 3.63) is 187 Å². The maximum absolute atomic E-state index is 2.51. The van der Waals surface area contributed by atoms with E-state index in [0.29, 0.717) is 0 Å². The molecule has 0 unspecified atom stereocenters. The van der Waals surface area contributed by atoms with Gasteiger partial charge >= 0.3 is 0 Å². The molecule has 1 nitrogen and oxygen atoms in total. The molecular formula is C51H35N. The number of nitrogens with zero attached hydrogens (tertiary/aromatic N) is 1. The molecule has 0 heterocycles. The summed E-state index contributed by atoms with van der Waals surface area (Å²) in [5, 5.41) is 15.4. The summed E-state index contributed by atoms with van der Waals surface area (Å²) in [4.78, 5) is 2.49. The second-order valence-corrected chi connectivity index (χ2v) is 14.9. The summed E-state index contributed by atoms with van der Waals surface area (Å²) < 4.78 is 0. The van der Waals surface area contributed by atoms with Gasteiger partial charge in [-0.2, -0.15) is 0 Å². The minimum Gasteiger partial charge on any atom is -0.310 e. The average molecular weight is 662 g/mol. The van der Waals surface area contributed by atoms with Crippen molar-refractivity contribution in [2.24, 2.45) is 0 Å². The Bertz CT molecular complexity index is 3000. The van der Waals surface area contributed by atoms with Gasteiger partial charge in [0.25, 0.3) is 0 Å². The van der Waals surface area contributed by atoms with Crippen LogP contribution in [0.4, 0.5) is 17.1 Å². The van der Waals surface area contributed by atoms with Gasteiger partial charge in [-0.3, -0.25) is 0 Å². The number of hydrogen-bond acceptors (Lipinski definition) is 1. The highest BCUT2D eigenvalue weighted by Crippen LogP contribution is 2.57. The topological polar surface area (TPSA) is 3.24 Å². The van der Waals surface area contributed by atoms with Crippen LogP contribution in [0.25, 0.3) is 75.8 Å². The van der Waals surface area contributed by atoms with E-state index in [1.807, 2.05) is 0 Å². The zero-order valence-electron chi connectivity index (χ0n) is 29.2. The Morgan fingerprint density at radius 1 is 0.346 bits per heavy atom. The van der Waals surface area contributed by atoms with E-state index < -0.39 is 0 Å². The van der Waals surface area contributed by atoms with Gasteiger partial charge < -0.3 is 4.90 Å². The first kappa shape index (κ1) is 29.3. The molecule has 0 saturated carbocycles. The van der Waals surface area contributed by atoms with E-state index in [1.54, 1.807) is 0 Å². The first-order valence-electron chi connectivity index (χ1n) is 18.3. The lowest BCUT2D eigenvalue weighted by Gasteiger charge is -2.30. The Morgan fingerprint density at radius 3 is 1.40 bits per heavy atom. The van der Waals surface area contributed by atoms with Gasteiger partial charge in [0.1, 0.15) is 0 Å². The molecule has 0 spiro atoms. The van der Waals surface area contributed by atoms with E-state index >= 15 is 0 Å². The molecule has 1 aliphatic rings. The van der Waals surface area contributed by atoms with Crippen LogP contribution in [0, 0.1) is 0 Å². The van der Waals surface area contributed by atoms with Crippen LogP contribution in [0.15, 0.2) is 176 Å². The summed E-state index contributed by atoms with van der Waals surface area (Å²) in [5.41, 5.74) is 8.77. The summed E-state index contributed by atoms with van der Waals surface area (Å²) in [7, 11) is 0. The van der Waals surface area contributed by atoms with Gasteiger partial charge in [-0.1, -0.05) is 159 Å². The number of hydrogen-bond donors (Lipinski definition) is 0. The number of rotatable bonds is 3. The molecule has 0 radical (unpaired) electrons. The fourth-order valence-electron chi connectivity index (χ4n) is 9.28. The van der Waals surface area contributed by atoms with E-state index in [2.05, 4.69) is 195 Å². The summed E-state index contributed by atoms with van der Waals surface area (Å²) in [6, 6.07) is 65.4. The molecule has 0 aromatic heterocycles. The molecule has 1 aliphatic carbocycles. The first-order chi connectivity index (χ1) is 25.6. The van der Waals surface area contributed by atoms with E-state index in [-0.39, 0.29) is 5.41 Å². The maximum atomic E-state index is 2.51. The monoisotopic (exact) mass is 661 g/mol. The van der Waals surface area contributed by atoms with Crippen molar-refractivity contribution in [1.82, 2.24) is 0 Å². The zero-order chi connectivity index (χ0) is 34.6. The minimum absolute atomic E-state index is 0.219. The molecule has 0 atom stereocenters. The van der Waals surface area contributed by atoms with Crippen LogP contribution in [0.2, 0.25) is 0 Å². The van der Waals surface area contributed by atoms with Crippen molar-refractivity contribution in [2.75, 3.05) is 4.90 Å². The molecular weight excluding hydrogens is 627 g/mol. The maximum Gasteiger partial charge on any atom is 0.0543 e. The third-order valence-electron chi connectivity index (χ3n) is 11.8. The van der Waals surface area contributed by atoms with Crippen LogP contribution in [0.3, 0.4) is 0 Å². The lowest BCUT2D eigenvalue weighted by atomic mass is 9.81. The van der Waals surface area contributed by atoms with Crippen LogP contribution >= 0.6 is 0 Å². The second-order valence-electron chi connectivity index (χ2n) is 14.9. The lowest BCUT2D eigenvalue weighted by molar-refractivity contribution is 0.661. The Labute approximate surface area is 303 Å². The van der Waals surface area contributed by atoms with Crippen molar-refractivity contribution >= 4 is 81.7 Å². The predicted octanol–water partition coefficient (Wildman–Crippen LogP) is 14.4. The van der Waals surface area contributed by atoms with E-state index in [1.165, 1.54) is 92.6 Å². The van der Waals surface area contributed by atoms with Crippen molar-refractivity contribution in [1.29, 1.82) is 0 Å². The number of benzene rings is 10. The van der Waals surface area contributed by atoms with Gasteiger partial charge in [0.05, 0.1) is 5.69 Å². The summed E-state index contributed by atoms with van der Waals surface area (Å²) in [6.45, 7) is 4.84. The number of fused-ring (bicyclic) bond motifs is 14. The van der Waals surface area contributed by atoms with Crippen molar-refractivity contribution < 1.29 is 0 Å². The van der Waals surface area contributed by atoms with Gasteiger partial charge in [0.2, 0.25) is 0 Å². The average Bonchev–Trinajstić information content (AvgIpc) is 3.43. The molecule has 0 fully saturated rings. The lowest BCUT2D eigenvalue weighted by Crippen LogP contribution is -2.17. The molecule has 1 heteroatoms. The van der Waals surface area contributed by atoms with E-state index in [0.717, 1.165) is 11.4 Å². The molecule has 0 amide bonds. The van der Waals surface area contributed by atoms with Gasteiger partial charge in [-0.25, -0.2) is 0 Å². The fourth-order valence-corrected chi connectivity index (χ4v) is 9.28. The third kappa shape index (κ3) is 4.05. The van der Waals surface area contributed by atoms with E-state index in [4.69, 9.17) is 0 Å². The SMILES string of the molecule is CC1(C)c2cc(N(c3ccc4ccccc4c3)c3ccc4ccccc4c3)c3ccccc3c2-c2c1ccc1c3ccccc3c3ccccc3c21. The molecule has 10 aromatic rings. The minimum atomic E-state index is -0.219. The first-order valence-corrected chi connectivity index (χ1v) is 18.3. The van der Waals surface area contributed by atoms with Gasteiger partial charge in [-0.15, -0.1) is 0 Å². The van der Waals surface area contributed by atoms with Gasteiger partial charge in [-0.05, 0) is 112 Å². The van der Waals surface area contributed by atoms with Crippen molar-refractivity contribution in [3.8, 4) is 11.1 Å². The van der Waals surface area contributed by atoms with Crippen molar-refractivity contribution in [2.45, 2.75) is 19.3 Å². The molecule has 0 N–H and O–H groups in total. The van der Waals surface area contributed by atoms with Gasteiger partial charge in [0.15, 0.2) is 0 Å². The second kappa shape index (κ2) is 10.8. The van der Waals surface area contributed by atoms with E-state index in [9.17, 15) is 0 Å². The van der Waals surface area contributed by atoms with Crippen LogP contribution < -0.4 is 4.90 Å². The molecule has 10 aromatic carbocycles. The van der Waals surface area contributed by atoms with Crippen LogP contribution in [-0.4, -0.2) is 0 Å². The normalized spacial score (nSPS) is 13.3. The van der Waals surface area contributed by atoms with Crippen LogP contribution in [0.5, 0.6) is 0 Å². The highest BCUT2D eigenvalue weighted by molar-refractivity contribution is 6.30. The van der Waals surface area contributed by atoms with Crippen molar-refractivity contribution in [3.63, 3.8) is 0 Å². The Morgan fingerprint density at radius 2 is 0.808 bits per heavy atom.